The highest BCUT2D eigenvalue weighted by molar-refractivity contribution is 6.04. The molecule has 0 fully saturated rings. The van der Waals surface area contributed by atoms with Crippen molar-refractivity contribution in [1.82, 2.24) is 0 Å². The van der Waals surface area contributed by atoms with Crippen molar-refractivity contribution in [2.45, 2.75) is 33.6 Å². The Morgan fingerprint density at radius 3 is 2.50 bits per heavy atom. The minimum atomic E-state index is 0.928. The van der Waals surface area contributed by atoms with Gasteiger partial charge in [0.15, 0.2) is 0 Å². The Bertz CT molecular complexity index is 244. The molecule has 0 radical (unpaired) electrons. The maximum Gasteiger partial charge on any atom is 0.0646 e. The number of allylic oxidation sites excluding steroid dienone is 2. The van der Waals surface area contributed by atoms with Gasteiger partial charge >= 0.3 is 0 Å². The lowest BCUT2D eigenvalue weighted by Gasteiger charge is -2.06. The summed E-state index contributed by atoms with van der Waals surface area (Å²) in [5.41, 5.74) is 4.08. The van der Waals surface area contributed by atoms with Gasteiger partial charge in [-0.1, -0.05) is 26.0 Å². The van der Waals surface area contributed by atoms with E-state index in [1.54, 1.807) is 0 Å². The standard InChI is InChI=1S/C9H11N.C2H6/c1-7-9-5-3-2-4-8(9)6-10-7;1-2/h4-5H,2-3,6H2,1H3;1-2H3. The molecule has 1 aliphatic carbocycles. The molecule has 0 aromatic rings. The fourth-order valence-electron chi connectivity index (χ4n) is 1.55. The Hall–Kier alpha value is -0.850. The van der Waals surface area contributed by atoms with Crippen LogP contribution in [0.1, 0.15) is 33.6 Å². The Labute approximate surface area is 74.9 Å². The van der Waals surface area contributed by atoms with Crippen LogP contribution in [0.2, 0.25) is 0 Å². The van der Waals surface area contributed by atoms with Crippen molar-refractivity contribution in [2.75, 3.05) is 6.54 Å². The molecule has 0 aromatic carbocycles. The third-order valence-corrected chi connectivity index (χ3v) is 2.13. The van der Waals surface area contributed by atoms with Crippen molar-refractivity contribution in [3.8, 4) is 0 Å². The van der Waals surface area contributed by atoms with Crippen molar-refractivity contribution < 1.29 is 0 Å². The van der Waals surface area contributed by atoms with Gasteiger partial charge in [0, 0.05) is 5.71 Å². The summed E-state index contributed by atoms with van der Waals surface area (Å²) in [5, 5.41) is 0. The van der Waals surface area contributed by atoms with Crippen LogP contribution in [0, 0.1) is 0 Å². The van der Waals surface area contributed by atoms with Crippen LogP contribution >= 0.6 is 0 Å². The molecule has 0 unspecified atom stereocenters. The highest BCUT2D eigenvalue weighted by Gasteiger charge is 2.15. The van der Waals surface area contributed by atoms with E-state index in [9.17, 15) is 0 Å². The minimum Gasteiger partial charge on any atom is -0.285 e. The van der Waals surface area contributed by atoms with Crippen molar-refractivity contribution in [2.24, 2.45) is 4.99 Å². The van der Waals surface area contributed by atoms with Crippen molar-refractivity contribution in [3.63, 3.8) is 0 Å². The maximum atomic E-state index is 4.36. The first-order chi connectivity index (χ1) is 5.88. The van der Waals surface area contributed by atoms with Gasteiger partial charge in [-0.05, 0) is 30.9 Å². The van der Waals surface area contributed by atoms with Crippen LogP contribution in [0.3, 0.4) is 0 Å². The molecule has 1 aliphatic heterocycles. The molecular weight excluding hydrogens is 146 g/mol. The summed E-state index contributed by atoms with van der Waals surface area (Å²) in [6, 6.07) is 0. The Balaban J connectivity index is 0.000000336. The first-order valence-electron chi connectivity index (χ1n) is 4.79. The van der Waals surface area contributed by atoms with Gasteiger partial charge in [-0.25, -0.2) is 0 Å². The van der Waals surface area contributed by atoms with E-state index in [4.69, 9.17) is 0 Å². The fraction of sp³-hybridized carbons (Fsp3) is 0.545. The number of aliphatic imine (C=N–C) groups is 1. The van der Waals surface area contributed by atoms with Crippen molar-refractivity contribution >= 4 is 5.71 Å². The zero-order valence-electron chi connectivity index (χ0n) is 8.22. The lowest BCUT2D eigenvalue weighted by molar-refractivity contribution is 1.000. The number of rotatable bonds is 0. The van der Waals surface area contributed by atoms with E-state index < -0.39 is 0 Å². The molecule has 2 rings (SSSR count). The smallest absolute Gasteiger partial charge is 0.0646 e. The SMILES string of the molecule is CC.CC1=NCC2=CCCC=C21. The normalized spacial score (nSPS) is 19.8. The van der Waals surface area contributed by atoms with Gasteiger partial charge in [0.05, 0.1) is 6.54 Å². The summed E-state index contributed by atoms with van der Waals surface area (Å²) in [5.74, 6) is 0. The van der Waals surface area contributed by atoms with E-state index in [1.807, 2.05) is 13.8 Å². The largest absolute Gasteiger partial charge is 0.285 e. The number of hydrogen-bond donors (Lipinski definition) is 0. The van der Waals surface area contributed by atoms with Crippen LogP contribution in [0.4, 0.5) is 0 Å². The van der Waals surface area contributed by atoms with Gasteiger partial charge in [0.25, 0.3) is 0 Å². The Kier molecular flexibility index (Phi) is 3.27. The molecule has 0 bridgehead atoms. The summed E-state index contributed by atoms with van der Waals surface area (Å²) in [6.45, 7) is 7.02. The molecular formula is C11H17N. The summed E-state index contributed by atoms with van der Waals surface area (Å²) >= 11 is 0. The van der Waals surface area contributed by atoms with Gasteiger partial charge in [-0.15, -0.1) is 0 Å². The lowest BCUT2D eigenvalue weighted by atomic mass is 9.97. The Morgan fingerprint density at radius 1 is 1.17 bits per heavy atom. The maximum absolute atomic E-state index is 4.36. The summed E-state index contributed by atoms with van der Waals surface area (Å²) in [4.78, 5) is 4.36. The van der Waals surface area contributed by atoms with Crippen LogP contribution < -0.4 is 0 Å². The molecule has 0 spiro atoms. The zero-order chi connectivity index (χ0) is 8.97. The minimum absolute atomic E-state index is 0.928. The molecule has 1 heteroatoms. The third kappa shape index (κ3) is 1.66. The van der Waals surface area contributed by atoms with Crippen LogP contribution in [-0.2, 0) is 0 Å². The van der Waals surface area contributed by atoms with Gasteiger partial charge in [-0.3, -0.25) is 4.99 Å². The molecule has 0 saturated carbocycles. The molecule has 66 valence electrons. The highest BCUT2D eigenvalue weighted by Crippen LogP contribution is 2.24. The molecule has 1 heterocycles. The van der Waals surface area contributed by atoms with Crippen molar-refractivity contribution in [1.29, 1.82) is 0 Å². The van der Waals surface area contributed by atoms with E-state index in [-0.39, 0.29) is 0 Å². The van der Waals surface area contributed by atoms with Crippen LogP contribution in [-0.4, -0.2) is 12.3 Å². The van der Waals surface area contributed by atoms with Gasteiger partial charge in [-0.2, -0.15) is 0 Å². The average Bonchev–Trinajstić information content (AvgIpc) is 2.53. The third-order valence-electron chi connectivity index (χ3n) is 2.13. The summed E-state index contributed by atoms with van der Waals surface area (Å²) in [6.07, 6.45) is 7.03. The number of nitrogens with zero attached hydrogens (tertiary/aromatic N) is 1. The van der Waals surface area contributed by atoms with E-state index in [1.165, 1.54) is 29.7 Å². The van der Waals surface area contributed by atoms with Crippen LogP contribution in [0.5, 0.6) is 0 Å². The predicted molar refractivity (Wildman–Crippen MR) is 54.7 cm³/mol. The first-order valence-corrected chi connectivity index (χ1v) is 4.79. The second kappa shape index (κ2) is 4.24. The van der Waals surface area contributed by atoms with Gasteiger partial charge in [0.2, 0.25) is 0 Å². The topological polar surface area (TPSA) is 12.4 Å². The second-order valence-corrected chi connectivity index (χ2v) is 2.83. The Morgan fingerprint density at radius 2 is 1.83 bits per heavy atom. The predicted octanol–water partition coefficient (Wildman–Crippen LogP) is 3.13. The summed E-state index contributed by atoms with van der Waals surface area (Å²) in [7, 11) is 0. The molecule has 0 saturated heterocycles. The molecule has 0 atom stereocenters. The van der Waals surface area contributed by atoms with E-state index >= 15 is 0 Å². The van der Waals surface area contributed by atoms with Gasteiger partial charge < -0.3 is 0 Å². The molecule has 2 aliphatic rings. The quantitative estimate of drug-likeness (QED) is 0.520. The van der Waals surface area contributed by atoms with E-state index in [2.05, 4.69) is 24.1 Å². The molecule has 0 aromatic heterocycles. The highest BCUT2D eigenvalue weighted by atomic mass is 14.8. The number of hydrogen-bond acceptors (Lipinski definition) is 1. The molecule has 0 N–H and O–H groups in total. The van der Waals surface area contributed by atoms with Gasteiger partial charge in [0.1, 0.15) is 0 Å². The van der Waals surface area contributed by atoms with Crippen LogP contribution in [0.25, 0.3) is 0 Å². The fourth-order valence-corrected chi connectivity index (χ4v) is 1.55. The van der Waals surface area contributed by atoms with E-state index in [0.717, 1.165) is 6.54 Å². The van der Waals surface area contributed by atoms with E-state index in [0.29, 0.717) is 0 Å². The average molecular weight is 163 g/mol. The molecule has 12 heavy (non-hydrogen) atoms. The van der Waals surface area contributed by atoms with Crippen LogP contribution in [0.15, 0.2) is 28.3 Å². The first kappa shape index (κ1) is 9.24. The summed E-state index contributed by atoms with van der Waals surface area (Å²) < 4.78 is 0. The monoisotopic (exact) mass is 163 g/mol. The zero-order valence-corrected chi connectivity index (χ0v) is 8.22. The van der Waals surface area contributed by atoms with Crippen molar-refractivity contribution in [3.05, 3.63) is 23.3 Å². The molecule has 0 amide bonds. The lowest BCUT2D eigenvalue weighted by Crippen LogP contribution is -1.96. The second-order valence-electron chi connectivity index (χ2n) is 2.83. The number of fused-ring (bicyclic) bond motifs is 1. The molecule has 1 nitrogen and oxygen atoms in total.